The van der Waals surface area contributed by atoms with Gasteiger partial charge in [-0.05, 0) is 35.2 Å². The number of hydrogen-bond donors (Lipinski definition) is 3. The molecule has 26 heavy (non-hydrogen) atoms. The van der Waals surface area contributed by atoms with Crippen LogP contribution in [0.5, 0.6) is 5.75 Å². The standard InChI is InChI=1S/C20H20N2O4/c23-16-7-5-14(6-8-16)13-17(20(25)26)21-19(24)10-12-22-11-9-15-3-1-2-4-18(15)22/h1-9,11,17,23H,10,12-13H2,(H,21,24)(H,25,26). The van der Waals surface area contributed by atoms with Crippen molar-refractivity contribution < 1.29 is 19.8 Å². The molecule has 0 spiro atoms. The SMILES string of the molecule is O=C(CCn1ccc2ccccc21)NC(Cc1ccc(O)cc1)C(=O)O. The van der Waals surface area contributed by atoms with Gasteiger partial charge in [0.1, 0.15) is 11.8 Å². The van der Waals surface area contributed by atoms with Crippen molar-refractivity contribution in [2.45, 2.75) is 25.4 Å². The first-order valence-corrected chi connectivity index (χ1v) is 8.37. The number of phenolic OH excluding ortho intramolecular Hbond substituents is 1. The molecule has 1 atom stereocenters. The minimum Gasteiger partial charge on any atom is -0.508 e. The van der Waals surface area contributed by atoms with Crippen LogP contribution in [0.2, 0.25) is 0 Å². The van der Waals surface area contributed by atoms with Crippen LogP contribution in [0.25, 0.3) is 10.9 Å². The third kappa shape index (κ3) is 4.22. The molecule has 0 aliphatic carbocycles. The van der Waals surface area contributed by atoms with Gasteiger partial charge in [-0.25, -0.2) is 4.79 Å². The van der Waals surface area contributed by atoms with Crippen molar-refractivity contribution in [3.05, 3.63) is 66.4 Å². The summed E-state index contributed by atoms with van der Waals surface area (Å²) in [6.07, 6.45) is 2.27. The number of carbonyl (C=O) groups excluding carboxylic acids is 1. The Kier molecular flexibility index (Phi) is 5.22. The quantitative estimate of drug-likeness (QED) is 0.609. The van der Waals surface area contributed by atoms with Crippen LogP contribution < -0.4 is 5.32 Å². The number of fused-ring (bicyclic) bond motifs is 1. The number of carboxylic acids is 1. The molecule has 1 unspecified atom stereocenters. The Morgan fingerprint density at radius 2 is 1.77 bits per heavy atom. The summed E-state index contributed by atoms with van der Waals surface area (Å²) in [5.41, 5.74) is 1.77. The van der Waals surface area contributed by atoms with E-state index in [1.807, 2.05) is 41.1 Å². The summed E-state index contributed by atoms with van der Waals surface area (Å²) in [6.45, 7) is 0.477. The second-order valence-corrected chi connectivity index (χ2v) is 6.15. The van der Waals surface area contributed by atoms with Crippen molar-refractivity contribution in [3.63, 3.8) is 0 Å². The van der Waals surface area contributed by atoms with E-state index in [-0.39, 0.29) is 24.5 Å². The van der Waals surface area contributed by atoms with Gasteiger partial charge >= 0.3 is 5.97 Å². The molecule has 0 saturated heterocycles. The lowest BCUT2D eigenvalue weighted by molar-refractivity contribution is -0.141. The van der Waals surface area contributed by atoms with Crippen molar-refractivity contribution in [1.82, 2.24) is 9.88 Å². The predicted molar refractivity (Wildman–Crippen MR) is 97.9 cm³/mol. The maximum absolute atomic E-state index is 12.2. The maximum Gasteiger partial charge on any atom is 0.326 e. The number of carbonyl (C=O) groups is 2. The number of benzene rings is 2. The molecule has 1 heterocycles. The Labute approximate surface area is 150 Å². The monoisotopic (exact) mass is 352 g/mol. The molecule has 0 aliphatic rings. The van der Waals surface area contributed by atoms with Gasteiger partial charge in [0.25, 0.3) is 0 Å². The fourth-order valence-electron chi connectivity index (χ4n) is 2.89. The van der Waals surface area contributed by atoms with Crippen molar-refractivity contribution in [1.29, 1.82) is 0 Å². The molecule has 0 fully saturated rings. The zero-order valence-electron chi connectivity index (χ0n) is 14.1. The fraction of sp³-hybridized carbons (Fsp3) is 0.200. The Morgan fingerprint density at radius 1 is 1.04 bits per heavy atom. The summed E-state index contributed by atoms with van der Waals surface area (Å²) < 4.78 is 1.98. The van der Waals surface area contributed by atoms with Crippen molar-refractivity contribution in [2.75, 3.05) is 0 Å². The molecule has 3 N–H and O–H groups in total. The molecule has 3 aromatic rings. The van der Waals surface area contributed by atoms with E-state index in [0.717, 1.165) is 16.5 Å². The molecule has 0 aliphatic heterocycles. The second-order valence-electron chi connectivity index (χ2n) is 6.15. The largest absolute Gasteiger partial charge is 0.508 e. The number of aromatic nitrogens is 1. The highest BCUT2D eigenvalue weighted by atomic mass is 16.4. The topological polar surface area (TPSA) is 91.6 Å². The van der Waals surface area contributed by atoms with Gasteiger partial charge in [-0.1, -0.05) is 30.3 Å². The Morgan fingerprint density at radius 3 is 2.50 bits per heavy atom. The predicted octanol–water partition coefficient (Wildman–Crippen LogP) is 2.55. The summed E-state index contributed by atoms with van der Waals surface area (Å²) in [7, 11) is 0. The molecule has 134 valence electrons. The Bertz CT molecular complexity index is 915. The molecule has 0 bridgehead atoms. The number of aliphatic carboxylic acids is 1. The average molecular weight is 352 g/mol. The zero-order chi connectivity index (χ0) is 18.5. The van der Waals surface area contributed by atoms with Crippen molar-refractivity contribution >= 4 is 22.8 Å². The first-order chi connectivity index (χ1) is 12.5. The second kappa shape index (κ2) is 7.74. The number of aromatic hydroxyl groups is 1. The van der Waals surface area contributed by atoms with E-state index in [2.05, 4.69) is 5.32 Å². The van der Waals surface area contributed by atoms with Crippen molar-refractivity contribution in [2.24, 2.45) is 0 Å². The van der Waals surface area contributed by atoms with E-state index in [0.29, 0.717) is 6.54 Å². The summed E-state index contributed by atoms with van der Waals surface area (Å²) in [6, 6.07) is 15.1. The summed E-state index contributed by atoms with van der Waals surface area (Å²) in [5.74, 6) is -1.28. The van der Waals surface area contributed by atoms with Gasteiger partial charge in [-0.15, -0.1) is 0 Å². The van der Waals surface area contributed by atoms with Gasteiger partial charge in [-0.3, -0.25) is 4.79 Å². The minimum absolute atomic E-state index is 0.114. The van der Waals surface area contributed by atoms with Gasteiger partial charge in [-0.2, -0.15) is 0 Å². The lowest BCUT2D eigenvalue weighted by atomic mass is 10.1. The third-order valence-corrected chi connectivity index (χ3v) is 4.27. The van der Waals surface area contributed by atoms with Crippen LogP contribution in [-0.2, 0) is 22.6 Å². The fourth-order valence-corrected chi connectivity index (χ4v) is 2.89. The van der Waals surface area contributed by atoms with E-state index < -0.39 is 12.0 Å². The van der Waals surface area contributed by atoms with E-state index in [1.165, 1.54) is 12.1 Å². The van der Waals surface area contributed by atoms with Crippen molar-refractivity contribution in [3.8, 4) is 5.75 Å². The molecule has 0 radical (unpaired) electrons. The van der Waals surface area contributed by atoms with E-state index in [4.69, 9.17) is 0 Å². The highest BCUT2D eigenvalue weighted by Gasteiger charge is 2.20. The molecular formula is C20H20N2O4. The van der Waals surface area contributed by atoms with E-state index >= 15 is 0 Å². The normalized spacial score (nSPS) is 12.0. The average Bonchev–Trinajstić information content (AvgIpc) is 3.04. The van der Waals surface area contributed by atoms with Gasteiger partial charge in [0.05, 0.1) is 0 Å². The molecular weight excluding hydrogens is 332 g/mol. The molecule has 0 saturated carbocycles. The summed E-state index contributed by atoms with van der Waals surface area (Å²) in [5, 5.41) is 22.3. The molecule has 2 aromatic carbocycles. The number of nitrogens with one attached hydrogen (secondary N) is 1. The highest BCUT2D eigenvalue weighted by Crippen LogP contribution is 2.15. The smallest absolute Gasteiger partial charge is 0.326 e. The van der Waals surface area contributed by atoms with E-state index in [1.54, 1.807) is 12.1 Å². The van der Waals surface area contributed by atoms with Gasteiger partial charge in [0.2, 0.25) is 5.91 Å². The zero-order valence-corrected chi connectivity index (χ0v) is 14.1. The van der Waals surface area contributed by atoms with Crippen LogP contribution in [0.1, 0.15) is 12.0 Å². The number of rotatable bonds is 7. The van der Waals surface area contributed by atoms with E-state index in [9.17, 15) is 19.8 Å². The first kappa shape index (κ1) is 17.5. The number of carboxylic acid groups (broad SMARTS) is 1. The van der Waals surface area contributed by atoms with Crippen LogP contribution in [-0.4, -0.2) is 32.7 Å². The molecule has 6 heteroatoms. The van der Waals surface area contributed by atoms with Crippen LogP contribution in [0.15, 0.2) is 60.8 Å². The lowest BCUT2D eigenvalue weighted by Crippen LogP contribution is -2.42. The Hall–Kier alpha value is -3.28. The van der Waals surface area contributed by atoms with Gasteiger partial charge in [0, 0.05) is 31.1 Å². The van der Waals surface area contributed by atoms with Gasteiger partial charge in [0.15, 0.2) is 0 Å². The molecule has 3 rings (SSSR count). The van der Waals surface area contributed by atoms with Crippen LogP contribution >= 0.6 is 0 Å². The number of para-hydroxylation sites is 1. The number of phenols is 1. The Balaban J connectivity index is 1.59. The third-order valence-electron chi connectivity index (χ3n) is 4.27. The van der Waals surface area contributed by atoms with Crippen LogP contribution in [0.3, 0.4) is 0 Å². The lowest BCUT2D eigenvalue weighted by Gasteiger charge is -2.15. The maximum atomic E-state index is 12.2. The van der Waals surface area contributed by atoms with Crippen LogP contribution in [0.4, 0.5) is 0 Å². The van der Waals surface area contributed by atoms with Gasteiger partial charge < -0.3 is 20.1 Å². The molecule has 1 aromatic heterocycles. The highest BCUT2D eigenvalue weighted by molar-refractivity contribution is 5.84. The number of aryl methyl sites for hydroxylation is 1. The number of hydrogen-bond acceptors (Lipinski definition) is 3. The molecule has 6 nitrogen and oxygen atoms in total. The summed E-state index contributed by atoms with van der Waals surface area (Å²) >= 11 is 0. The number of nitrogens with zero attached hydrogens (tertiary/aromatic N) is 1. The number of amides is 1. The first-order valence-electron chi connectivity index (χ1n) is 8.37. The summed E-state index contributed by atoms with van der Waals surface area (Å²) in [4.78, 5) is 23.7. The molecule has 1 amide bonds. The minimum atomic E-state index is -1.09. The van der Waals surface area contributed by atoms with Crippen LogP contribution in [0, 0.1) is 0 Å².